The number of aromatic amines is 1. The van der Waals surface area contributed by atoms with E-state index in [4.69, 9.17) is 19.4 Å². The maximum Gasteiger partial charge on any atom is 0.422 e. The first kappa shape index (κ1) is 38.0. The molecule has 9 rings (SSSR count). The van der Waals surface area contributed by atoms with Crippen LogP contribution in [0.5, 0.6) is 5.75 Å². The van der Waals surface area contributed by atoms with E-state index in [0.29, 0.717) is 61.0 Å². The summed E-state index contributed by atoms with van der Waals surface area (Å²) in [6, 6.07) is 6.01. The number of carbonyl (C=O) groups excluding carboxylic acids is 1. The Morgan fingerprint density at radius 1 is 0.965 bits per heavy atom. The lowest BCUT2D eigenvalue weighted by Crippen LogP contribution is -2.62. The molecule has 1 saturated carbocycles. The molecule has 4 saturated heterocycles. The van der Waals surface area contributed by atoms with Gasteiger partial charge in [0.2, 0.25) is 5.95 Å². The number of halogens is 4. The number of rotatable bonds is 11. The van der Waals surface area contributed by atoms with Crippen LogP contribution in [0.25, 0.3) is 32.9 Å². The zero-order chi connectivity index (χ0) is 39.7. The highest BCUT2D eigenvalue weighted by atomic mass is 19.4. The highest BCUT2D eigenvalue weighted by molar-refractivity contribution is 6.06. The minimum Gasteiger partial charge on any atom is -0.481 e. The van der Waals surface area contributed by atoms with Gasteiger partial charge in [0, 0.05) is 79.6 Å². The predicted molar refractivity (Wildman–Crippen MR) is 210 cm³/mol. The molecule has 4 aromatic rings. The Labute approximate surface area is 329 Å². The molecule has 4 aliphatic heterocycles. The van der Waals surface area contributed by atoms with Gasteiger partial charge in [0.05, 0.1) is 18.3 Å². The maximum absolute atomic E-state index is 14.2. The zero-order valence-electron chi connectivity index (χ0n) is 32.7. The number of H-pyrrole nitrogens is 1. The van der Waals surface area contributed by atoms with Crippen molar-refractivity contribution < 1.29 is 31.8 Å². The van der Waals surface area contributed by atoms with E-state index in [1.165, 1.54) is 4.90 Å². The Hall–Kier alpha value is -4.50. The lowest BCUT2D eigenvalue weighted by molar-refractivity contribution is -0.153. The summed E-state index contributed by atoms with van der Waals surface area (Å²) < 4.78 is 67.8. The van der Waals surface area contributed by atoms with Gasteiger partial charge in [-0.25, -0.2) is 9.37 Å². The summed E-state index contributed by atoms with van der Waals surface area (Å²) in [5, 5.41) is 8.82. The Kier molecular flexibility index (Phi) is 9.61. The van der Waals surface area contributed by atoms with Crippen LogP contribution in [0.1, 0.15) is 62.5 Å². The average Bonchev–Trinajstić information content (AvgIpc) is 3.90. The van der Waals surface area contributed by atoms with E-state index in [1.54, 1.807) is 6.20 Å². The van der Waals surface area contributed by atoms with Crippen molar-refractivity contribution >= 4 is 39.5 Å². The normalized spacial score (nSPS) is 20.7. The van der Waals surface area contributed by atoms with Gasteiger partial charge in [-0.15, -0.1) is 0 Å². The number of ether oxygens (including phenoxy) is 2. The molecule has 5 fully saturated rings. The van der Waals surface area contributed by atoms with Gasteiger partial charge in [0.25, 0.3) is 5.91 Å². The molecular formula is C42H50F4N8O3. The predicted octanol–water partition coefficient (Wildman–Crippen LogP) is 7.15. The van der Waals surface area contributed by atoms with Crippen LogP contribution < -0.4 is 14.5 Å². The van der Waals surface area contributed by atoms with Crippen LogP contribution in [0.15, 0.2) is 36.8 Å². The number of nitrogens with one attached hydrogen (secondary N) is 1. The van der Waals surface area contributed by atoms with Gasteiger partial charge >= 0.3 is 6.18 Å². The van der Waals surface area contributed by atoms with E-state index in [-0.39, 0.29) is 22.5 Å². The topological polar surface area (TPSA) is 103 Å². The molecule has 5 aliphatic rings. The number of hydrogen-bond acceptors (Lipinski definition) is 9. The summed E-state index contributed by atoms with van der Waals surface area (Å²) in [6.07, 6.45) is 2.58. The molecule has 1 amide bonds. The van der Waals surface area contributed by atoms with Crippen LogP contribution in [0.2, 0.25) is 0 Å². The number of piperidine rings is 2. The number of anilines is 2. The van der Waals surface area contributed by atoms with Crippen LogP contribution in [0.3, 0.4) is 0 Å². The second-order valence-corrected chi connectivity index (χ2v) is 17.1. The van der Waals surface area contributed by atoms with Gasteiger partial charge < -0.3 is 29.1 Å². The fourth-order valence-corrected chi connectivity index (χ4v) is 9.74. The van der Waals surface area contributed by atoms with Crippen LogP contribution in [0, 0.1) is 17.8 Å². The molecule has 2 aromatic carbocycles. The number of hydrogen-bond donors (Lipinski definition) is 1. The van der Waals surface area contributed by atoms with Crippen LogP contribution in [-0.2, 0) is 9.53 Å². The first-order valence-corrected chi connectivity index (χ1v) is 20.3. The molecule has 0 unspecified atom stereocenters. The minimum absolute atomic E-state index is 0.122. The van der Waals surface area contributed by atoms with Gasteiger partial charge in [-0.05, 0) is 100 Å². The second-order valence-electron chi connectivity index (χ2n) is 17.1. The second kappa shape index (κ2) is 14.4. The third-order valence-electron chi connectivity index (χ3n) is 13.1. The quantitative estimate of drug-likeness (QED) is 0.0965. The summed E-state index contributed by atoms with van der Waals surface area (Å²) in [5.74, 6) is -0.159. The number of fused-ring (bicyclic) bond motifs is 2. The van der Waals surface area contributed by atoms with Gasteiger partial charge in [-0.3, -0.25) is 9.89 Å². The molecule has 1 aliphatic carbocycles. The number of carbonyl (C=O) groups is 1. The van der Waals surface area contributed by atoms with Crippen molar-refractivity contribution in [3.05, 3.63) is 47.9 Å². The summed E-state index contributed by atoms with van der Waals surface area (Å²) in [7, 11) is 0. The molecule has 2 spiro atoms. The number of likely N-dealkylation sites (tertiary alicyclic amines) is 2. The standard InChI is InChI=1S/C42H50F4N8O3/c1-4-56-18-17-51-13-9-40(10-14-51)23-54(24-40)39-48-35-30(37(49-39)52-15-11-41(12-16-52)21-53(22-41)38(55)27(3)43)19-29(28-6-7-28)34(36(35)57-25-42(44,45)46)33-26(2)5-8-32-31(33)20-47-50-32/h5,8,19-20,28H,3-4,6-7,9-18,21-25H2,1-2H3,(H,47,50). The molecule has 0 bridgehead atoms. The molecular weight excluding hydrogens is 741 g/mol. The molecule has 2 aromatic heterocycles. The van der Waals surface area contributed by atoms with Gasteiger partial charge in [0.15, 0.2) is 18.2 Å². The number of nitrogens with zero attached hydrogens (tertiary/aromatic N) is 7. The SMILES string of the molecule is C=C(F)C(=O)N1CC2(CCN(c3nc(N4CC5(CCN(CCOCC)CC5)C4)nc4c(OCC(F)(F)F)c(-c5c(C)ccc6[nH]ncc56)c(C5CC5)cc34)CC2)C1. The molecule has 0 atom stereocenters. The first-order valence-electron chi connectivity index (χ1n) is 20.3. The molecule has 6 heterocycles. The minimum atomic E-state index is -4.58. The summed E-state index contributed by atoms with van der Waals surface area (Å²) in [4.78, 5) is 31.1. The first-order chi connectivity index (χ1) is 27.3. The van der Waals surface area contributed by atoms with Crippen molar-refractivity contribution in [2.45, 2.75) is 64.5 Å². The number of benzene rings is 2. The third-order valence-corrected chi connectivity index (χ3v) is 13.1. The van der Waals surface area contributed by atoms with Gasteiger partial charge in [0.1, 0.15) is 11.3 Å². The highest BCUT2D eigenvalue weighted by Gasteiger charge is 2.49. The smallest absolute Gasteiger partial charge is 0.422 e. The van der Waals surface area contributed by atoms with Gasteiger partial charge in [-0.2, -0.15) is 23.3 Å². The van der Waals surface area contributed by atoms with Crippen molar-refractivity contribution in [1.29, 1.82) is 0 Å². The van der Waals surface area contributed by atoms with Crippen LogP contribution in [-0.4, -0.2) is 121 Å². The Morgan fingerprint density at radius 2 is 1.67 bits per heavy atom. The average molecular weight is 791 g/mol. The maximum atomic E-state index is 14.2. The Morgan fingerprint density at radius 3 is 2.33 bits per heavy atom. The van der Waals surface area contributed by atoms with Crippen molar-refractivity contribution in [2.24, 2.45) is 10.8 Å². The molecule has 15 heteroatoms. The Balaban J connectivity index is 1.13. The van der Waals surface area contributed by atoms with Gasteiger partial charge in [-0.1, -0.05) is 12.6 Å². The van der Waals surface area contributed by atoms with Crippen molar-refractivity contribution in [2.75, 3.05) is 88.5 Å². The fraction of sp³-hybridized carbons (Fsp3) is 0.571. The van der Waals surface area contributed by atoms with Crippen molar-refractivity contribution in [1.82, 2.24) is 30.0 Å². The molecule has 304 valence electrons. The van der Waals surface area contributed by atoms with E-state index in [9.17, 15) is 22.4 Å². The molecule has 57 heavy (non-hydrogen) atoms. The monoisotopic (exact) mass is 790 g/mol. The number of amides is 1. The molecule has 0 radical (unpaired) electrons. The highest BCUT2D eigenvalue weighted by Crippen LogP contribution is 2.54. The van der Waals surface area contributed by atoms with E-state index in [1.807, 2.05) is 26.0 Å². The zero-order valence-corrected chi connectivity index (χ0v) is 32.7. The molecule has 1 N–H and O–H groups in total. The number of aryl methyl sites for hydroxylation is 1. The van der Waals surface area contributed by atoms with Crippen molar-refractivity contribution in [3.8, 4) is 16.9 Å². The largest absolute Gasteiger partial charge is 0.481 e. The van der Waals surface area contributed by atoms with Crippen molar-refractivity contribution in [3.63, 3.8) is 0 Å². The lowest BCUT2D eigenvalue weighted by Gasteiger charge is -2.54. The summed E-state index contributed by atoms with van der Waals surface area (Å²) in [5.41, 5.74) is 4.42. The lowest BCUT2D eigenvalue weighted by atomic mass is 9.72. The van der Waals surface area contributed by atoms with E-state index < -0.39 is 24.5 Å². The summed E-state index contributed by atoms with van der Waals surface area (Å²) in [6.45, 7) is 13.8. The van der Waals surface area contributed by atoms with E-state index in [0.717, 1.165) is 105 Å². The van der Waals surface area contributed by atoms with E-state index in [2.05, 4.69) is 37.5 Å². The van der Waals surface area contributed by atoms with E-state index >= 15 is 0 Å². The fourth-order valence-electron chi connectivity index (χ4n) is 9.74. The third kappa shape index (κ3) is 7.19. The number of aromatic nitrogens is 4. The Bertz CT molecular complexity index is 2190. The van der Waals surface area contributed by atoms with Crippen LogP contribution >= 0.6 is 0 Å². The van der Waals surface area contributed by atoms with Crippen LogP contribution in [0.4, 0.5) is 29.3 Å². The molecule has 11 nitrogen and oxygen atoms in total. The number of alkyl halides is 3. The summed E-state index contributed by atoms with van der Waals surface area (Å²) >= 11 is 0.